The van der Waals surface area contributed by atoms with E-state index in [0.29, 0.717) is 5.70 Å². The first kappa shape index (κ1) is 7.54. The van der Waals surface area contributed by atoms with Crippen molar-refractivity contribution in [1.29, 1.82) is 0 Å². The molecule has 1 aromatic rings. The highest BCUT2D eigenvalue weighted by molar-refractivity contribution is 5.60. The Morgan fingerprint density at radius 2 is 2.36 bits per heavy atom. The quantitative estimate of drug-likeness (QED) is 0.643. The first-order valence-corrected chi connectivity index (χ1v) is 3.34. The molecule has 0 aliphatic heterocycles. The average Bonchev–Trinajstić information content (AvgIpc) is 2.07. The Balaban J connectivity index is 2.94. The number of allylic oxidation sites excluding steroid dienone is 2. The zero-order valence-corrected chi connectivity index (χ0v) is 6.20. The normalized spacial score (nSPS) is 11.1. The third-order valence-corrected chi connectivity index (χ3v) is 1.26. The van der Waals surface area contributed by atoms with Gasteiger partial charge in [0.25, 0.3) is 0 Å². The Kier molecular flexibility index (Phi) is 2.44. The molecule has 0 saturated heterocycles. The van der Waals surface area contributed by atoms with Crippen LogP contribution >= 0.6 is 0 Å². The summed E-state index contributed by atoms with van der Waals surface area (Å²) in [5, 5.41) is 0. The van der Waals surface area contributed by atoms with E-state index in [0.717, 1.165) is 5.69 Å². The van der Waals surface area contributed by atoms with Crippen LogP contribution in [0.25, 0.3) is 5.70 Å². The summed E-state index contributed by atoms with van der Waals surface area (Å²) in [4.78, 5) is 4.06. The second kappa shape index (κ2) is 3.56. The molecule has 0 saturated carbocycles. The van der Waals surface area contributed by atoms with Crippen molar-refractivity contribution in [1.82, 2.24) is 4.98 Å². The van der Waals surface area contributed by atoms with Crippen molar-refractivity contribution in [3.05, 3.63) is 48.8 Å². The van der Waals surface area contributed by atoms with E-state index in [1.54, 1.807) is 18.3 Å². The standard InChI is InChI=1S/C9H10N2/c1-2-5-8(10)9-6-3-4-7-11-9/h2-7H,1,10H2/b8-5-. The van der Waals surface area contributed by atoms with Gasteiger partial charge in [-0.25, -0.2) is 0 Å². The molecule has 2 N–H and O–H groups in total. The lowest BCUT2D eigenvalue weighted by atomic mass is 10.3. The fourth-order valence-electron chi connectivity index (χ4n) is 0.746. The molecule has 0 fully saturated rings. The van der Waals surface area contributed by atoms with Crippen molar-refractivity contribution in [3.8, 4) is 0 Å². The lowest BCUT2D eigenvalue weighted by Gasteiger charge is -1.96. The summed E-state index contributed by atoms with van der Waals surface area (Å²) in [5.74, 6) is 0. The zero-order chi connectivity index (χ0) is 8.10. The molecule has 0 aromatic carbocycles. The monoisotopic (exact) mass is 146 g/mol. The number of pyridine rings is 1. The Bertz CT molecular complexity index is 262. The summed E-state index contributed by atoms with van der Waals surface area (Å²) < 4.78 is 0. The van der Waals surface area contributed by atoms with Crippen LogP contribution in [0.1, 0.15) is 5.69 Å². The van der Waals surface area contributed by atoms with Crippen molar-refractivity contribution in [3.63, 3.8) is 0 Å². The number of hydrogen-bond acceptors (Lipinski definition) is 2. The maximum absolute atomic E-state index is 5.63. The molecular formula is C9H10N2. The van der Waals surface area contributed by atoms with E-state index in [-0.39, 0.29) is 0 Å². The van der Waals surface area contributed by atoms with Crippen LogP contribution in [0.15, 0.2) is 43.1 Å². The number of nitrogens with zero attached hydrogens (tertiary/aromatic N) is 1. The molecule has 0 aliphatic rings. The van der Waals surface area contributed by atoms with Crippen LogP contribution in [0.4, 0.5) is 0 Å². The highest BCUT2D eigenvalue weighted by Gasteiger charge is 1.92. The number of rotatable bonds is 2. The van der Waals surface area contributed by atoms with Crippen molar-refractivity contribution in [2.24, 2.45) is 5.73 Å². The second-order valence-electron chi connectivity index (χ2n) is 2.07. The summed E-state index contributed by atoms with van der Waals surface area (Å²) in [6.07, 6.45) is 5.07. The second-order valence-corrected chi connectivity index (χ2v) is 2.07. The third kappa shape index (κ3) is 1.93. The summed E-state index contributed by atoms with van der Waals surface area (Å²) >= 11 is 0. The molecule has 2 nitrogen and oxygen atoms in total. The smallest absolute Gasteiger partial charge is 0.0858 e. The molecule has 1 heterocycles. The van der Waals surface area contributed by atoms with Gasteiger partial charge in [-0.2, -0.15) is 0 Å². The van der Waals surface area contributed by atoms with E-state index in [9.17, 15) is 0 Å². The van der Waals surface area contributed by atoms with E-state index >= 15 is 0 Å². The van der Waals surface area contributed by atoms with Crippen LogP contribution in [0, 0.1) is 0 Å². The largest absolute Gasteiger partial charge is 0.397 e. The molecule has 0 atom stereocenters. The van der Waals surface area contributed by atoms with Gasteiger partial charge >= 0.3 is 0 Å². The van der Waals surface area contributed by atoms with Crippen LogP contribution in [0.2, 0.25) is 0 Å². The van der Waals surface area contributed by atoms with Crippen LogP contribution in [-0.4, -0.2) is 4.98 Å². The van der Waals surface area contributed by atoms with Gasteiger partial charge in [-0.3, -0.25) is 4.98 Å². The molecule has 2 heteroatoms. The fourth-order valence-corrected chi connectivity index (χ4v) is 0.746. The zero-order valence-electron chi connectivity index (χ0n) is 6.20. The predicted octanol–water partition coefficient (Wildman–Crippen LogP) is 1.57. The minimum Gasteiger partial charge on any atom is -0.397 e. The molecular weight excluding hydrogens is 136 g/mol. The van der Waals surface area contributed by atoms with Crippen molar-refractivity contribution in [2.45, 2.75) is 0 Å². The highest BCUT2D eigenvalue weighted by Crippen LogP contribution is 2.02. The van der Waals surface area contributed by atoms with E-state index in [1.165, 1.54) is 0 Å². The number of nitrogens with two attached hydrogens (primary N) is 1. The third-order valence-electron chi connectivity index (χ3n) is 1.26. The summed E-state index contributed by atoms with van der Waals surface area (Å²) in [7, 11) is 0. The van der Waals surface area contributed by atoms with Crippen molar-refractivity contribution >= 4 is 5.70 Å². The van der Waals surface area contributed by atoms with E-state index in [1.807, 2.05) is 18.2 Å². The minimum atomic E-state index is 0.639. The van der Waals surface area contributed by atoms with Gasteiger partial charge in [0.1, 0.15) is 0 Å². The van der Waals surface area contributed by atoms with Gasteiger partial charge in [-0.1, -0.05) is 18.7 Å². The Hall–Kier alpha value is -1.57. The van der Waals surface area contributed by atoms with Gasteiger partial charge in [0.2, 0.25) is 0 Å². The van der Waals surface area contributed by atoms with E-state index in [2.05, 4.69) is 11.6 Å². The minimum absolute atomic E-state index is 0.639. The Morgan fingerprint density at radius 3 is 2.91 bits per heavy atom. The molecule has 11 heavy (non-hydrogen) atoms. The van der Waals surface area contributed by atoms with Gasteiger partial charge in [-0.15, -0.1) is 0 Å². The van der Waals surface area contributed by atoms with Crippen LogP contribution in [0.3, 0.4) is 0 Å². The topological polar surface area (TPSA) is 38.9 Å². The van der Waals surface area contributed by atoms with Crippen molar-refractivity contribution in [2.75, 3.05) is 0 Å². The number of aromatic nitrogens is 1. The molecule has 56 valence electrons. The van der Waals surface area contributed by atoms with Crippen LogP contribution < -0.4 is 5.73 Å². The summed E-state index contributed by atoms with van der Waals surface area (Å²) in [5.41, 5.74) is 7.06. The summed E-state index contributed by atoms with van der Waals surface area (Å²) in [6.45, 7) is 3.54. The van der Waals surface area contributed by atoms with Crippen molar-refractivity contribution < 1.29 is 0 Å². The maximum Gasteiger partial charge on any atom is 0.0858 e. The van der Waals surface area contributed by atoms with Gasteiger partial charge in [0.15, 0.2) is 0 Å². The van der Waals surface area contributed by atoms with Gasteiger partial charge in [0, 0.05) is 6.20 Å². The van der Waals surface area contributed by atoms with Crippen LogP contribution in [0.5, 0.6) is 0 Å². The molecule has 0 amide bonds. The lowest BCUT2D eigenvalue weighted by Crippen LogP contribution is -1.97. The summed E-state index contributed by atoms with van der Waals surface area (Å²) in [6, 6.07) is 5.60. The average molecular weight is 146 g/mol. The van der Waals surface area contributed by atoms with Gasteiger partial charge < -0.3 is 5.73 Å². The van der Waals surface area contributed by atoms with Gasteiger partial charge in [0.05, 0.1) is 11.4 Å². The Labute approximate surface area is 66.1 Å². The molecule has 1 aromatic heterocycles. The molecule has 0 spiro atoms. The van der Waals surface area contributed by atoms with Gasteiger partial charge in [-0.05, 0) is 18.2 Å². The SMILES string of the molecule is C=C/C=C(\N)c1ccccn1. The molecule has 0 aliphatic carbocycles. The molecule has 0 radical (unpaired) electrons. The number of hydrogen-bond donors (Lipinski definition) is 1. The fraction of sp³-hybridized carbons (Fsp3) is 0. The highest BCUT2D eigenvalue weighted by atomic mass is 14.7. The molecule has 0 bridgehead atoms. The maximum atomic E-state index is 5.63. The van der Waals surface area contributed by atoms with Crippen LogP contribution in [-0.2, 0) is 0 Å². The van der Waals surface area contributed by atoms with E-state index < -0.39 is 0 Å². The lowest BCUT2D eigenvalue weighted by molar-refractivity contribution is 1.26. The molecule has 0 unspecified atom stereocenters. The predicted molar refractivity (Wildman–Crippen MR) is 46.6 cm³/mol. The molecule has 1 rings (SSSR count). The Morgan fingerprint density at radius 1 is 1.55 bits per heavy atom. The first-order chi connectivity index (χ1) is 5.34. The van der Waals surface area contributed by atoms with E-state index in [4.69, 9.17) is 5.73 Å². The first-order valence-electron chi connectivity index (χ1n) is 3.34.